The van der Waals surface area contributed by atoms with Crippen LogP contribution >= 0.6 is 23.4 Å². The maximum Gasteiger partial charge on any atom is 0.252 e. The van der Waals surface area contributed by atoms with E-state index in [9.17, 15) is 4.79 Å². The molecule has 0 saturated heterocycles. The maximum absolute atomic E-state index is 12.8. The summed E-state index contributed by atoms with van der Waals surface area (Å²) in [5, 5.41) is 7.45. The number of rotatable bonds is 6. The third kappa shape index (κ3) is 4.91. The summed E-state index contributed by atoms with van der Waals surface area (Å²) in [6.07, 6.45) is 0.805. The number of halogens is 1. The average Bonchev–Trinajstić information content (AvgIpc) is 3.01. The van der Waals surface area contributed by atoms with Gasteiger partial charge >= 0.3 is 0 Å². The first-order valence-corrected chi connectivity index (χ1v) is 11.0. The number of carbonyl (C=O) groups is 1. The molecule has 2 aromatic carbocycles. The highest BCUT2D eigenvalue weighted by Gasteiger charge is 2.17. The topological polar surface area (TPSA) is 73.6 Å². The molecule has 3 aromatic rings. The van der Waals surface area contributed by atoms with Crippen molar-refractivity contribution in [2.75, 3.05) is 13.2 Å². The van der Waals surface area contributed by atoms with Gasteiger partial charge in [-0.2, -0.15) is 0 Å². The lowest BCUT2D eigenvalue weighted by atomic mass is 10.1. The number of fused-ring (bicyclic) bond motifs is 1. The standard InChI is InChI=1S/C22H21ClN2O4S/c1-14-9-16(25-29-14)13-30-20-6-3-2-5-17(20)22(26)24-12-15-10-18(23)21-19(11-15)27-7-4-8-28-21/h2-3,5-6,9-11H,4,7-8,12-13H2,1H3,(H,24,26). The van der Waals surface area contributed by atoms with Crippen molar-refractivity contribution in [1.82, 2.24) is 10.5 Å². The van der Waals surface area contributed by atoms with E-state index in [-0.39, 0.29) is 5.91 Å². The van der Waals surface area contributed by atoms with Crippen LogP contribution in [0.3, 0.4) is 0 Å². The van der Waals surface area contributed by atoms with Gasteiger partial charge in [0.05, 0.1) is 29.5 Å². The van der Waals surface area contributed by atoms with Gasteiger partial charge in [0.2, 0.25) is 0 Å². The molecule has 0 atom stereocenters. The molecule has 2 heterocycles. The zero-order valence-corrected chi connectivity index (χ0v) is 18.0. The summed E-state index contributed by atoms with van der Waals surface area (Å²) in [6.45, 7) is 3.34. The van der Waals surface area contributed by atoms with Gasteiger partial charge in [-0.15, -0.1) is 11.8 Å². The fourth-order valence-electron chi connectivity index (χ4n) is 3.08. The Morgan fingerprint density at radius 2 is 2.03 bits per heavy atom. The second-order valence-corrected chi connectivity index (χ2v) is 8.28. The number of benzene rings is 2. The SMILES string of the molecule is Cc1cc(CSc2ccccc2C(=O)NCc2cc(Cl)c3c(c2)OCCCO3)no1. The number of aryl methyl sites for hydroxylation is 1. The minimum atomic E-state index is -0.155. The van der Waals surface area contributed by atoms with Gasteiger partial charge in [-0.25, -0.2) is 0 Å². The summed E-state index contributed by atoms with van der Waals surface area (Å²) < 4.78 is 16.5. The Hall–Kier alpha value is -2.64. The number of hydrogen-bond acceptors (Lipinski definition) is 6. The lowest BCUT2D eigenvalue weighted by molar-refractivity contribution is 0.0948. The van der Waals surface area contributed by atoms with Crippen molar-refractivity contribution in [3.05, 3.63) is 70.1 Å². The summed E-state index contributed by atoms with van der Waals surface area (Å²) in [6, 6.07) is 13.1. The molecule has 6 nitrogen and oxygen atoms in total. The highest BCUT2D eigenvalue weighted by Crippen LogP contribution is 2.38. The Labute approximate surface area is 183 Å². The number of thioether (sulfide) groups is 1. The van der Waals surface area contributed by atoms with E-state index < -0.39 is 0 Å². The van der Waals surface area contributed by atoms with Gasteiger partial charge in [-0.05, 0) is 36.8 Å². The van der Waals surface area contributed by atoms with Gasteiger partial charge in [0, 0.05) is 29.7 Å². The number of nitrogens with zero attached hydrogens (tertiary/aromatic N) is 1. The van der Waals surface area contributed by atoms with Gasteiger partial charge in [0.25, 0.3) is 5.91 Å². The minimum absolute atomic E-state index is 0.155. The zero-order valence-electron chi connectivity index (χ0n) is 16.4. The Bertz CT molecular complexity index is 1050. The molecule has 0 fully saturated rings. The van der Waals surface area contributed by atoms with Crippen molar-refractivity contribution in [2.45, 2.75) is 30.5 Å². The maximum atomic E-state index is 12.8. The first-order valence-electron chi connectivity index (χ1n) is 9.60. The Morgan fingerprint density at radius 3 is 2.87 bits per heavy atom. The number of carbonyl (C=O) groups excluding carboxylic acids is 1. The summed E-state index contributed by atoms with van der Waals surface area (Å²) in [7, 11) is 0. The van der Waals surface area contributed by atoms with Crippen molar-refractivity contribution >= 4 is 29.3 Å². The second kappa shape index (κ2) is 9.45. The number of amides is 1. The van der Waals surface area contributed by atoms with Crippen LogP contribution in [-0.4, -0.2) is 24.3 Å². The van der Waals surface area contributed by atoms with E-state index in [2.05, 4.69) is 10.5 Å². The third-order valence-corrected chi connectivity index (χ3v) is 5.89. The first-order chi connectivity index (χ1) is 14.6. The van der Waals surface area contributed by atoms with Gasteiger partial charge in [0.15, 0.2) is 11.5 Å². The fourth-order valence-corrected chi connectivity index (χ4v) is 4.30. The predicted molar refractivity (Wildman–Crippen MR) is 115 cm³/mol. The normalized spacial score (nSPS) is 13.0. The first kappa shape index (κ1) is 20.6. The van der Waals surface area contributed by atoms with Crippen LogP contribution in [0, 0.1) is 6.92 Å². The van der Waals surface area contributed by atoms with Crippen LogP contribution in [0.1, 0.15) is 33.8 Å². The number of hydrogen-bond donors (Lipinski definition) is 1. The molecule has 4 rings (SSSR count). The Morgan fingerprint density at radius 1 is 1.20 bits per heavy atom. The number of aromatic nitrogens is 1. The lowest BCUT2D eigenvalue weighted by Crippen LogP contribution is -2.23. The Balaban J connectivity index is 1.43. The van der Waals surface area contributed by atoms with Gasteiger partial charge < -0.3 is 19.3 Å². The summed E-state index contributed by atoms with van der Waals surface area (Å²) in [4.78, 5) is 13.7. The summed E-state index contributed by atoms with van der Waals surface area (Å²) >= 11 is 7.89. The van der Waals surface area contributed by atoms with Gasteiger partial charge in [0.1, 0.15) is 5.76 Å². The minimum Gasteiger partial charge on any atom is -0.489 e. The fraction of sp³-hybridized carbons (Fsp3) is 0.273. The summed E-state index contributed by atoms with van der Waals surface area (Å²) in [5.41, 5.74) is 2.30. The quantitative estimate of drug-likeness (QED) is 0.538. The average molecular weight is 445 g/mol. The molecule has 0 unspecified atom stereocenters. The molecule has 0 bridgehead atoms. The number of ether oxygens (including phenoxy) is 2. The molecule has 30 heavy (non-hydrogen) atoms. The van der Waals surface area contributed by atoms with Crippen LogP contribution in [0.15, 0.2) is 51.9 Å². The van der Waals surface area contributed by atoms with Crippen LogP contribution in [-0.2, 0) is 12.3 Å². The van der Waals surface area contributed by atoms with Crippen LogP contribution in [0.5, 0.6) is 11.5 Å². The van der Waals surface area contributed by atoms with Crippen molar-refractivity contribution in [3.63, 3.8) is 0 Å². The van der Waals surface area contributed by atoms with Crippen molar-refractivity contribution in [2.24, 2.45) is 0 Å². The molecule has 1 aliphatic rings. The van der Waals surface area contributed by atoms with Gasteiger partial charge in [-0.1, -0.05) is 28.9 Å². The van der Waals surface area contributed by atoms with E-state index >= 15 is 0 Å². The van der Waals surface area contributed by atoms with Gasteiger partial charge in [-0.3, -0.25) is 4.79 Å². The molecule has 8 heteroatoms. The molecular weight excluding hydrogens is 424 g/mol. The van der Waals surface area contributed by atoms with Crippen LogP contribution < -0.4 is 14.8 Å². The molecule has 1 aromatic heterocycles. The lowest BCUT2D eigenvalue weighted by Gasteiger charge is -2.13. The van der Waals surface area contributed by atoms with E-state index in [0.29, 0.717) is 47.6 Å². The van der Waals surface area contributed by atoms with Crippen molar-refractivity contribution in [1.29, 1.82) is 0 Å². The molecule has 156 valence electrons. The van der Waals surface area contributed by atoms with Crippen LogP contribution in [0.4, 0.5) is 0 Å². The smallest absolute Gasteiger partial charge is 0.252 e. The van der Waals surface area contributed by atoms with E-state index in [1.54, 1.807) is 17.8 Å². The van der Waals surface area contributed by atoms with E-state index in [0.717, 1.165) is 28.3 Å². The molecule has 0 saturated carbocycles. The summed E-state index contributed by atoms with van der Waals surface area (Å²) in [5.74, 6) is 2.42. The van der Waals surface area contributed by atoms with E-state index in [4.69, 9.17) is 25.6 Å². The Kier molecular flexibility index (Phi) is 6.50. The largest absolute Gasteiger partial charge is 0.489 e. The van der Waals surface area contributed by atoms with E-state index in [1.807, 2.05) is 43.3 Å². The molecule has 1 aliphatic heterocycles. The van der Waals surface area contributed by atoms with Crippen molar-refractivity contribution < 1.29 is 18.8 Å². The highest BCUT2D eigenvalue weighted by atomic mass is 35.5. The molecule has 0 spiro atoms. The highest BCUT2D eigenvalue weighted by molar-refractivity contribution is 7.98. The van der Waals surface area contributed by atoms with Crippen LogP contribution in [0.25, 0.3) is 0 Å². The molecule has 1 amide bonds. The van der Waals surface area contributed by atoms with Crippen molar-refractivity contribution in [3.8, 4) is 11.5 Å². The van der Waals surface area contributed by atoms with E-state index in [1.165, 1.54) is 0 Å². The predicted octanol–water partition coefficient (Wildman–Crippen LogP) is 5.02. The third-order valence-electron chi connectivity index (χ3n) is 4.50. The van der Waals surface area contributed by atoms with Crippen LogP contribution in [0.2, 0.25) is 5.02 Å². The number of nitrogens with one attached hydrogen (secondary N) is 1. The molecular formula is C22H21ClN2O4S. The molecule has 1 N–H and O–H groups in total. The molecule has 0 aliphatic carbocycles. The zero-order chi connectivity index (χ0) is 20.9. The second-order valence-electron chi connectivity index (χ2n) is 6.85. The molecule has 0 radical (unpaired) electrons. The monoisotopic (exact) mass is 444 g/mol.